The molecule has 11 heteroatoms. The highest BCUT2D eigenvalue weighted by molar-refractivity contribution is 7.88. The van der Waals surface area contributed by atoms with Gasteiger partial charge in [-0.25, -0.2) is 13.4 Å². The molecule has 1 saturated heterocycles. The SMILES string of the molecule is COc1ccc(OC)c2sc(N3CCN(C(=O)CN(C)S(C)(=O)=O)CC3)nc12. The first kappa shape index (κ1) is 20.6. The Balaban J connectivity index is 1.70. The van der Waals surface area contributed by atoms with Crippen LogP contribution in [0.15, 0.2) is 12.1 Å². The third kappa shape index (κ3) is 4.15. The molecule has 2 heterocycles. The van der Waals surface area contributed by atoms with E-state index in [2.05, 4.69) is 4.90 Å². The molecule has 1 aromatic carbocycles. The fourth-order valence-corrected chi connectivity index (χ4v) is 4.44. The Hall–Kier alpha value is -2.11. The van der Waals surface area contributed by atoms with Crippen molar-refractivity contribution in [1.29, 1.82) is 0 Å². The van der Waals surface area contributed by atoms with Gasteiger partial charge in [0, 0.05) is 33.2 Å². The van der Waals surface area contributed by atoms with E-state index in [1.54, 1.807) is 19.1 Å². The molecule has 1 amide bonds. The average molecular weight is 429 g/mol. The number of thiazole rings is 1. The number of hydrogen-bond acceptors (Lipinski definition) is 8. The smallest absolute Gasteiger partial charge is 0.238 e. The Kier molecular flexibility index (Phi) is 5.96. The molecule has 1 aromatic heterocycles. The van der Waals surface area contributed by atoms with Gasteiger partial charge in [-0.15, -0.1) is 0 Å². The van der Waals surface area contributed by atoms with Gasteiger partial charge in [0.1, 0.15) is 21.7 Å². The number of methoxy groups -OCH3 is 2. The molecule has 0 spiro atoms. The Morgan fingerprint density at radius 2 is 1.79 bits per heavy atom. The van der Waals surface area contributed by atoms with E-state index in [1.165, 1.54) is 18.4 Å². The maximum Gasteiger partial charge on any atom is 0.238 e. The molecule has 28 heavy (non-hydrogen) atoms. The van der Waals surface area contributed by atoms with Crippen LogP contribution in [0.3, 0.4) is 0 Å². The lowest BCUT2D eigenvalue weighted by Crippen LogP contribution is -2.51. The number of amides is 1. The largest absolute Gasteiger partial charge is 0.495 e. The van der Waals surface area contributed by atoms with E-state index in [9.17, 15) is 13.2 Å². The van der Waals surface area contributed by atoms with E-state index in [0.29, 0.717) is 31.9 Å². The monoisotopic (exact) mass is 428 g/mol. The van der Waals surface area contributed by atoms with Crippen molar-refractivity contribution in [2.45, 2.75) is 0 Å². The summed E-state index contributed by atoms with van der Waals surface area (Å²) in [5.41, 5.74) is 0.759. The van der Waals surface area contributed by atoms with Crippen molar-refractivity contribution in [3.63, 3.8) is 0 Å². The zero-order chi connectivity index (χ0) is 20.5. The van der Waals surface area contributed by atoms with Crippen molar-refractivity contribution in [3.8, 4) is 11.5 Å². The molecule has 9 nitrogen and oxygen atoms in total. The average Bonchev–Trinajstić information content (AvgIpc) is 3.12. The number of sulfonamides is 1. The molecule has 1 aliphatic heterocycles. The minimum absolute atomic E-state index is 0.144. The fraction of sp³-hybridized carbons (Fsp3) is 0.529. The molecule has 0 N–H and O–H groups in total. The predicted octanol–water partition coefficient (Wildman–Crippen LogP) is 0.853. The number of benzene rings is 1. The number of piperazine rings is 1. The second-order valence-corrected chi connectivity index (χ2v) is 9.60. The number of ether oxygens (including phenoxy) is 2. The lowest BCUT2D eigenvalue weighted by atomic mass is 10.3. The van der Waals surface area contributed by atoms with E-state index in [0.717, 1.165) is 31.7 Å². The van der Waals surface area contributed by atoms with Crippen molar-refractivity contribution in [2.75, 3.05) is 65.1 Å². The van der Waals surface area contributed by atoms with Gasteiger partial charge in [-0.3, -0.25) is 4.79 Å². The summed E-state index contributed by atoms with van der Waals surface area (Å²) < 4.78 is 35.8. The van der Waals surface area contributed by atoms with E-state index in [-0.39, 0.29) is 12.5 Å². The molecule has 0 bridgehead atoms. The molecule has 154 valence electrons. The molecular formula is C17H24N4O5S2. The molecule has 0 unspecified atom stereocenters. The lowest BCUT2D eigenvalue weighted by molar-refractivity contribution is -0.131. The zero-order valence-corrected chi connectivity index (χ0v) is 18.0. The number of nitrogens with zero attached hydrogens (tertiary/aromatic N) is 4. The highest BCUT2D eigenvalue weighted by atomic mass is 32.2. The van der Waals surface area contributed by atoms with Crippen LogP contribution in [0, 0.1) is 0 Å². The van der Waals surface area contributed by atoms with Crippen LogP contribution < -0.4 is 14.4 Å². The molecule has 0 saturated carbocycles. The molecular weight excluding hydrogens is 404 g/mol. The number of carbonyl (C=O) groups excluding carboxylic acids is 1. The van der Waals surface area contributed by atoms with Gasteiger partial charge in [0.15, 0.2) is 5.13 Å². The summed E-state index contributed by atoms with van der Waals surface area (Å²) in [4.78, 5) is 20.9. The third-order valence-corrected chi connectivity index (χ3v) is 7.12. The van der Waals surface area contributed by atoms with E-state index < -0.39 is 10.0 Å². The van der Waals surface area contributed by atoms with Crippen LogP contribution in [0.5, 0.6) is 11.5 Å². The van der Waals surface area contributed by atoms with Gasteiger partial charge in [-0.2, -0.15) is 4.31 Å². The first-order chi connectivity index (χ1) is 13.2. The zero-order valence-electron chi connectivity index (χ0n) is 16.3. The van der Waals surface area contributed by atoms with Gasteiger partial charge < -0.3 is 19.3 Å². The third-order valence-electron chi connectivity index (χ3n) is 4.73. The number of likely N-dealkylation sites (N-methyl/N-ethyl adjacent to an activating group) is 1. The number of rotatable bonds is 6. The van der Waals surface area contributed by atoms with Gasteiger partial charge in [0.2, 0.25) is 15.9 Å². The van der Waals surface area contributed by atoms with Gasteiger partial charge in [-0.05, 0) is 12.1 Å². The summed E-state index contributed by atoms with van der Waals surface area (Å²) in [5.74, 6) is 1.24. The standard InChI is InChI=1S/C17H24N4O5S2/c1-19(28(4,23)24)11-14(22)20-7-9-21(10-8-20)17-18-15-12(25-2)5-6-13(26-3)16(15)27-17/h5-6H,7-11H2,1-4H3. The molecule has 0 aliphatic carbocycles. The van der Waals surface area contributed by atoms with E-state index in [4.69, 9.17) is 14.5 Å². The number of carbonyl (C=O) groups is 1. The number of anilines is 1. The van der Waals surface area contributed by atoms with Crippen molar-refractivity contribution in [2.24, 2.45) is 0 Å². The van der Waals surface area contributed by atoms with E-state index >= 15 is 0 Å². The molecule has 0 atom stereocenters. The molecule has 1 fully saturated rings. The second-order valence-electron chi connectivity index (χ2n) is 6.53. The predicted molar refractivity (Wildman–Crippen MR) is 109 cm³/mol. The Bertz CT molecular complexity index is 926. The summed E-state index contributed by atoms with van der Waals surface area (Å²) in [7, 11) is 1.27. The fourth-order valence-electron chi connectivity index (χ4n) is 2.96. The Morgan fingerprint density at radius 1 is 1.18 bits per heavy atom. The maximum atomic E-state index is 12.4. The van der Waals surface area contributed by atoms with Crippen LogP contribution in [0.25, 0.3) is 10.2 Å². The Morgan fingerprint density at radius 3 is 2.36 bits per heavy atom. The van der Waals surface area contributed by atoms with E-state index in [1.807, 2.05) is 12.1 Å². The Labute approximate surface area is 168 Å². The van der Waals surface area contributed by atoms with Gasteiger partial charge >= 0.3 is 0 Å². The first-order valence-corrected chi connectivity index (χ1v) is 11.4. The summed E-state index contributed by atoms with van der Waals surface area (Å²) in [6.45, 7) is 2.13. The number of fused-ring (bicyclic) bond motifs is 1. The van der Waals surface area contributed by atoms with Crippen LogP contribution in [0.4, 0.5) is 5.13 Å². The minimum atomic E-state index is -3.38. The summed E-state index contributed by atoms with van der Waals surface area (Å²) in [6.07, 6.45) is 1.09. The topological polar surface area (TPSA) is 92.3 Å². The van der Waals surface area contributed by atoms with Crippen molar-refractivity contribution in [3.05, 3.63) is 12.1 Å². The first-order valence-electron chi connectivity index (χ1n) is 8.70. The van der Waals surface area contributed by atoms with Crippen LogP contribution in [0.1, 0.15) is 0 Å². The number of aromatic nitrogens is 1. The second kappa shape index (κ2) is 8.10. The van der Waals surface area contributed by atoms with Gasteiger partial charge in [-0.1, -0.05) is 11.3 Å². The molecule has 0 radical (unpaired) electrons. The van der Waals surface area contributed by atoms with Crippen LogP contribution in [-0.4, -0.2) is 88.8 Å². The van der Waals surface area contributed by atoms with Crippen LogP contribution >= 0.6 is 11.3 Å². The van der Waals surface area contributed by atoms with Gasteiger partial charge in [0.25, 0.3) is 0 Å². The maximum absolute atomic E-state index is 12.4. The van der Waals surface area contributed by atoms with Crippen molar-refractivity contribution < 1.29 is 22.7 Å². The molecule has 1 aliphatic rings. The summed E-state index contributed by atoms with van der Waals surface area (Å²) in [5, 5.41) is 0.846. The lowest BCUT2D eigenvalue weighted by Gasteiger charge is -2.35. The molecule has 2 aromatic rings. The summed E-state index contributed by atoms with van der Waals surface area (Å²) in [6, 6.07) is 3.69. The number of hydrogen-bond donors (Lipinski definition) is 0. The van der Waals surface area contributed by atoms with Crippen LogP contribution in [-0.2, 0) is 14.8 Å². The minimum Gasteiger partial charge on any atom is -0.495 e. The summed E-state index contributed by atoms with van der Waals surface area (Å²) >= 11 is 1.53. The van der Waals surface area contributed by atoms with Crippen molar-refractivity contribution >= 4 is 42.6 Å². The normalized spacial score (nSPS) is 15.3. The van der Waals surface area contributed by atoms with Gasteiger partial charge in [0.05, 0.1) is 27.0 Å². The van der Waals surface area contributed by atoms with Crippen molar-refractivity contribution in [1.82, 2.24) is 14.2 Å². The van der Waals surface area contributed by atoms with Crippen LogP contribution in [0.2, 0.25) is 0 Å². The highest BCUT2D eigenvalue weighted by Gasteiger charge is 2.26. The quantitative estimate of drug-likeness (QED) is 0.674. The highest BCUT2D eigenvalue weighted by Crippen LogP contribution is 2.40. The molecule has 3 rings (SSSR count).